The van der Waals surface area contributed by atoms with Gasteiger partial charge in [0.25, 0.3) is 0 Å². The van der Waals surface area contributed by atoms with Gasteiger partial charge in [0, 0.05) is 23.2 Å². The maximum atomic E-state index is 11.9. The second-order valence-corrected chi connectivity index (χ2v) is 5.76. The van der Waals surface area contributed by atoms with Crippen LogP contribution in [-0.2, 0) is 4.79 Å². The number of nitrogens with one attached hydrogen (secondary N) is 1. The van der Waals surface area contributed by atoms with E-state index in [-0.39, 0.29) is 5.91 Å². The number of nitrogens with two attached hydrogens (primary N) is 1. The molecule has 1 fully saturated rings. The van der Waals surface area contributed by atoms with Gasteiger partial charge in [0.05, 0.1) is 5.52 Å². The number of hydrogen-bond acceptors (Lipinski definition) is 3. The van der Waals surface area contributed by atoms with E-state index in [1.54, 1.807) is 6.20 Å². The molecule has 3 N–H and O–H groups in total. The predicted molar refractivity (Wildman–Crippen MR) is 83.7 cm³/mol. The number of amides is 1. The van der Waals surface area contributed by atoms with E-state index in [9.17, 15) is 4.79 Å². The maximum Gasteiger partial charge on any atom is 0.239 e. The summed E-state index contributed by atoms with van der Waals surface area (Å²) < 4.78 is 0. The van der Waals surface area contributed by atoms with Crippen molar-refractivity contribution in [3.05, 3.63) is 42.1 Å². The molecule has 4 heteroatoms. The third-order valence-corrected chi connectivity index (χ3v) is 4.27. The van der Waals surface area contributed by atoms with Gasteiger partial charge in [-0.2, -0.15) is 0 Å². The van der Waals surface area contributed by atoms with Crippen molar-refractivity contribution >= 4 is 16.8 Å². The fourth-order valence-corrected chi connectivity index (χ4v) is 3.19. The Labute approximate surface area is 124 Å². The number of nitrogens with zero attached hydrogens (tertiary/aromatic N) is 1. The van der Waals surface area contributed by atoms with Gasteiger partial charge in [0.2, 0.25) is 5.91 Å². The molecule has 0 spiro atoms. The molecule has 2 aromatic rings. The number of pyridine rings is 1. The second-order valence-electron chi connectivity index (χ2n) is 5.76. The summed E-state index contributed by atoms with van der Waals surface area (Å²) >= 11 is 0. The van der Waals surface area contributed by atoms with Crippen molar-refractivity contribution in [1.29, 1.82) is 0 Å². The Balaban J connectivity index is 1.93. The van der Waals surface area contributed by atoms with Crippen LogP contribution in [0.3, 0.4) is 0 Å². The van der Waals surface area contributed by atoms with Gasteiger partial charge in [-0.05, 0) is 18.9 Å². The van der Waals surface area contributed by atoms with Crippen molar-refractivity contribution in [3.63, 3.8) is 0 Å². The van der Waals surface area contributed by atoms with Gasteiger partial charge in [-0.3, -0.25) is 15.1 Å². The Morgan fingerprint density at radius 1 is 1.19 bits per heavy atom. The van der Waals surface area contributed by atoms with E-state index < -0.39 is 6.04 Å². The van der Waals surface area contributed by atoms with Gasteiger partial charge >= 0.3 is 0 Å². The molecule has 21 heavy (non-hydrogen) atoms. The van der Waals surface area contributed by atoms with E-state index in [0.717, 1.165) is 29.3 Å². The molecule has 1 aromatic carbocycles. The fourth-order valence-electron chi connectivity index (χ4n) is 3.19. The molecule has 1 aliphatic rings. The highest BCUT2D eigenvalue weighted by Gasteiger charge is 2.24. The summed E-state index contributed by atoms with van der Waals surface area (Å²) in [5, 5.41) is 4.48. The molecule has 1 unspecified atom stereocenters. The average molecular weight is 283 g/mol. The molecular formula is C17H21N3O. The first kappa shape index (κ1) is 14.0. The summed E-state index contributed by atoms with van der Waals surface area (Å²) in [5.41, 5.74) is 7.38. The first-order valence-corrected chi connectivity index (χ1v) is 7.65. The van der Waals surface area contributed by atoms with Crippen LogP contribution < -0.4 is 11.1 Å². The average Bonchev–Trinajstić information content (AvgIpc) is 2.53. The number of carbonyl (C=O) groups is 1. The summed E-state index contributed by atoms with van der Waals surface area (Å²) in [6.45, 7) is 0. The number of hydrogen-bond donors (Lipinski definition) is 2. The Bertz CT molecular complexity index is 629. The number of carbonyl (C=O) groups excluding carboxylic acids is 1. The molecule has 4 nitrogen and oxygen atoms in total. The van der Waals surface area contributed by atoms with Crippen molar-refractivity contribution in [1.82, 2.24) is 10.3 Å². The van der Waals surface area contributed by atoms with Crippen LogP contribution in [0.15, 0.2) is 36.5 Å². The van der Waals surface area contributed by atoms with Crippen LogP contribution in [0.2, 0.25) is 0 Å². The lowest BCUT2D eigenvalue weighted by Crippen LogP contribution is -2.41. The molecule has 1 amide bonds. The van der Waals surface area contributed by atoms with E-state index in [2.05, 4.69) is 10.3 Å². The summed E-state index contributed by atoms with van der Waals surface area (Å²) in [6, 6.07) is 9.72. The van der Waals surface area contributed by atoms with Gasteiger partial charge in [-0.15, -0.1) is 0 Å². The van der Waals surface area contributed by atoms with E-state index in [1.807, 2.05) is 30.3 Å². The van der Waals surface area contributed by atoms with Crippen molar-refractivity contribution < 1.29 is 4.79 Å². The predicted octanol–water partition coefficient (Wildman–Crippen LogP) is 2.68. The quantitative estimate of drug-likeness (QED) is 0.906. The number of rotatable bonds is 4. The molecular weight excluding hydrogens is 262 g/mol. The summed E-state index contributed by atoms with van der Waals surface area (Å²) in [6.07, 6.45) is 7.71. The van der Waals surface area contributed by atoms with Crippen molar-refractivity contribution in [3.8, 4) is 0 Å². The molecule has 1 saturated carbocycles. The zero-order valence-electron chi connectivity index (χ0n) is 12.1. The highest BCUT2D eigenvalue weighted by atomic mass is 16.1. The molecule has 1 aliphatic carbocycles. The lowest BCUT2D eigenvalue weighted by Gasteiger charge is -2.27. The van der Waals surface area contributed by atoms with Gasteiger partial charge in [0.1, 0.15) is 6.04 Å². The second kappa shape index (κ2) is 6.22. The van der Waals surface area contributed by atoms with E-state index >= 15 is 0 Å². The SMILES string of the molecule is NC(=O)C(NC1CCCCC1)c1cccc2cccnc12. The van der Waals surface area contributed by atoms with E-state index in [1.165, 1.54) is 19.3 Å². The first-order chi connectivity index (χ1) is 10.3. The summed E-state index contributed by atoms with van der Waals surface area (Å²) in [7, 11) is 0. The molecule has 3 rings (SSSR count). The Morgan fingerprint density at radius 2 is 1.95 bits per heavy atom. The monoisotopic (exact) mass is 283 g/mol. The van der Waals surface area contributed by atoms with Gasteiger partial charge in [-0.1, -0.05) is 43.5 Å². The number of benzene rings is 1. The number of fused-ring (bicyclic) bond motifs is 1. The van der Waals surface area contributed by atoms with Crippen LogP contribution in [0.25, 0.3) is 10.9 Å². The van der Waals surface area contributed by atoms with Crippen LogP contribution in [0.1, 0.15) is 43.7 Å². The number of aromatic nitrogens is 1. The minimum absolute atomic E-state index is 0.335. The molecule has 0 aliphatic heterocycles. The third-order valence-electron chi connectivity index (χ3n) is 4.27. The van der Waals surface area contributed by atoms with Crippen molar-refractivity contribution in [2.45, 2.75) is 44.2 Å². The lowest BCUT2D eigenvalue weighted by atomic mass is 9.93. The number of para-hydroxylation sites is 1. The van der Waals surface area contributed by atoms with E-state index in [0.29, 0.717) is 6.04 Å². The Hall–Kier alpha value is -1.94. The standard InChI is InChI=1S/C17H21N3O/c18-17(21)16(20-13-8-2-1-3-9-13)14-10-4-6-12-7-5-11-19-15(12)14/h4-7,10-11,13,16,20H,1-3,8-9H2,(H2,18,21). The van der Waals surface area contributed by atoms with Crippen LogP contribution in [-0.4, -0.2) is 16.9 Å². The largest absolute Gasteiger partial charge is 0.368 e. The Morgan fingerprint density at radius 3 is 2.71 bits per heavy atom. The normalized spacial score (nSPS) is 17.7. The lowest BCUT2D eigenvalue weighted by molar-refractivity contribution is -0.120. The molecule has 0 bridgehead atoms. The van der Waals surface area contributed by atoms with Crippen LogP contribution in [0.5, 0.6) is 0 Å². The smallest absolute Gasteiger partial charge is 0.239 e. The van der Waals surface area contributed by atoms with Crippen molar-refractivity contribution in [2.75, 3.05) is 0 Å². The van der Waals surface area contributed by atoms with Gasteiger partial charge < -0.3 is 5.73 Å². The molecule has 0 saturated heterocycles. The van der Waals surface area contributed by atoms with Gasteiger partial charge in [0.15, 0.2) is 0 Å². The summed E-state index contributed by atoms with van der Waals surface area (Å²) in [5.74, 6) is -0.335. The molecule has 1 aromatic heterocycles. The molecule has 1 heterocycles. The van der Waals surface area contributed by atoms with Crippen LogP contribution >= 0.6 is 0 Å². The van der Waals surface area contributed by atoms with Gasteiger partial charge in [-0.25, -0.2) is 0 Å². The minimum Gasteiger partial charge on any atom is -0.368 e. The highest BCUT2D eigenvalue weighted by molar-refractivity contribution is 5.89. The fraction of sp³-hybridized carbons (Fsp3) is 0.412. The maximum absolute atomic E-state index is 11.9. The highest BCUT2D eigenvalue weighted by Crippen LogP contribution is 2.25. The van der Waals surface area contributed by atoms with E-state index in [4.69, 9.17) is 5.73 Å². The first-order valence-electron chi connectivity index (χ1n) is 7.65. The molecule has 1 atom stereocenters. The Kier molecular flexibility index (Phi) is 4.15. The zero-order chi connectivity index (χ0) is 14.7. The summed E-state index contributed by atoms with van der Waals surface area (Å²) in [4.78, 5) is 16.4. The van der Waals surface area contributed by atoms with Crippen molar-refractivity contribution in [2.24, 2.45) is 5.73 Å². The molecule has 0 radical (unpaired) electrons. The zero-order valence-corrected chi connectivity index (χ0v) is 12.1. The third kappa shape index (κ3) is 3.05. The van der Waals surface area contributed by atoms with Crippen LogP contribution in [0, 0.1) is 0 Å². The topological polar surface area (TPSA) is 68.0 Å². The minimum atomic E-state index is -0.466. The molecule has 110 valence electrons. The van der Waals surface area contributed by atoms with Crippen LogP contribution in [0.4, 0.5) is 0 Å². The number of primary amides is 1.